The molecule has 1 aromatic rings. The van der Waals surface area contributed by atoms with Crippen LogP contribution in [0.4, 0.5) is 5.69 Å². The fourth-order valence-corrected chi connectivity index (χ4v) is 3.47. The Morgan fingerprint density at radius 1 is 1.29 bits per heavy atom. The third-order valence-corrected chi connectivity index (χ3v) is 5.00. The maximum Gasteiger partial charge on any atom is 0.340 e. The number of carbonyl (C=O) groups excluding carboxylic acids is 2. The van der Waals surface area contributed by atoms with Crippen molar-refractivity contribution in [3.8, 4) is 0 Å². The van der Waals surface area contributed by atoms with Gasteiger partial charge < -0.3 is 10.1 Å². The van der Waals surface area contributed by atoms with E-state index in [2.05, 4.69) is 26.1 Å². The Hall–Kier alpha value is -1.55. The molecule has 0 aromatic heterocycles. The number of alkyl halides is 1. The number of carbonyl (C=O) groups is 2. The summed E-state index contributed by atoms with van der Waals surface area (Å²) in [5.41, 5.74) is 0.815. The molecule has 132 valence electrons. The number of rotatable bonds is 5. The van der Waals surface area contributed by atoms with Crippen LogP contribution in [0.2, 0.25) is 0 Å². The van der Waals surface area contributed by atoms with E-state index in [1.54, 1.807) is 24.3 Å². The van der Waals surface area contributed by atoms with Gasteiger partial charge in [0, 0.05) is 0 Å². The third kappa shape index (κ3) is 4.73. The van der Waals surface area contributed by atoms with Crippen LogP contribution < -0.4 is 5.32 Å². The standard InChI is InChI=1S/C19H26ClNO3/c1-12(2)14-9-8-13(3)10-17(14)24-19(23)15-6-4-5-7-16(15)21-18(22)11-20/h4-7,12-14,17H,8-11H2,1-3H3,(H,21,22)/t13-,14-,17-/m0/s1. The summed E-state index contributed by atoms with van der Waals surface area (Å²) in [6.45, 7) is 6.55. The van der Waals surface area contributed by atoms with Crippen molar-refractivity contribution in [1.29, 1.82) is 0 Å². The van der Waals surface area contributed by atoms with Gasteiger partial charge in [0.15, 0.2) is 0 Å². The van der Waals surface area contributed by atoms with E-state index in [1.807, 2.05) is 0 Å². The second kappa shape index (κ2) is 8.52. The number of hydrogen-bond acceptors (Lipinski definition) is 3. The predicted molar refractivity (Wildman–Crippen MR) is 96.3 cm³/mol. The Labute approximate surface area is 148 Å². The quantitative estimate of drug-likeness (QED) is 0.628. The van der Waals surface area contributed by atoms with Crippen molar-refractivity contribution in [2.24, 2.45) is 17.8 Å². The Balaban J connectivity index is 2.15. The highest BCUT2D eigenvalue weighted by molar-refractivity contribution is 6.29. The first kappa shape index (κ1) is 18.8. The number of para-hydroxylation sites is 1. The van der Waals surface area contributed by atoms with Gasteiger partial charge in [0.05, 0.1) is 11.3 Å². The van der Waals surface area contributed by atoms with E-state index in [0.29, 0.717) is 29.0 Å². The maximum atomic E-state index is 12.7. The molecule has 0 heterocycles. The molecule has 0 radical (unpaired) electrons. The second-order valence-electron chi connectivity index (χ2n) is 7.00. The number of amides is 1. The molecular formula is C19H26ClNO3. The smallest absolute Gasteiger partial charge is 0.340 e. The Morgan fingerprint density at radius 2 is 2.00 bits per heavy atom. The molecule has 1 amide bonds. The minimum atomic E-state index is -0.384. The molecule has 1 fully saturated rings. The Bertz CT molecular complexity index is 588. The van der Waals surface area contributed by atoms with E-state index in [4.69, 9.17) is 16.3 Å². The highest BCUT2D eigenvalue weighted by Gasteiger charge is 2.34. The molecular weight excluding hydrogens is 326 g/mol. The summed E-state index contributed by atoms with van der Waals surface area (Å²) < 4.78 is 5.85. The number of hydrogen-bond donors (Lipinski definition) is 1. The second-order valence-corrected chi connectivity index (χ2v) is 7.26. The summed E-state index contributed by atoms with van der Waals surface area (Å²) in [6.07, 6.45) is 3.09. The van der Waals surface area contributed by atoms with Crippen LogP contribution in [0.15, 0.2) is 24.3 Å². The van der Waals surface area contributed by atoms with Gasteiger partial charge in [-0.2, -0.15) is 0 Å². The molecule has 1 aromatic carbocycles. The molecule has 0 spiro atoms. The van der Waals surface area contributed by atoms with Crippen LogP contribution in [0.1, 0.15) is 50.4 Å². The number of esters is 1. The van der Waals surface area contributed by atoms with Gasteiger partial charge in [0.2, 0.25) is 5.91 Å². The van der Waals surface area contributed by atoms with Crippen molar-refractivity contribution in [2.75, 3.05) is 11.2 Å². The molecule has 1 aliphatic rings. The zero-order chi connectivity index (χ0) is 17.7. The van der Waals surface area contributed by atoms with Crippen molar-refractivity contribution in [1.82, 2.24) is 0 Å². The fourth-order valence-electron chi connectivity index (χ4n) is 3.40. The van der Waals surface area contributed by atoms with Gasteiger partial charge in [-0.15, -0.1) is 11.6 Å². The minimum Gasteiger partial charge on any atom is -0.458 e. The van der Waals surface area contributed by atoms with Crippen LogP contribution >= 0.6 is 11.6 Å². The van der Waals surface area contributed by atoms with Crippen LogP contribution in [0.25, 0.3) is 0 Å². The molecule has 1 saturated carbocycles. The average molecular weight is 352 g/mol. The zero-order valence-corrected chi connectivity index (χ0v) is 15.3. The average Bonchev–Trinajstić information content (AvgIpc) is 2.54. The molecule has 4 nitrogen and oxygen atoms in total. The molecule has 5 heteroatoms. The summed E-state index contributed by atoms with van der Waals surface area (Å²) in [5.74, 6) is 0.535. The lowest BCUT2D eigenvalue weighted by atomic mass is 9.75. The zero-order valence-electron chi connectivity index (χ0n) is 14.5. The summed E-state index contributed by atoms with van der Waals surface area (Å²) in [4.78, 5) is 24.2. The van der Waals surface area contributed by atoms with E-state index in [0.717, 1.165) is 12.8 Å². The summed E-state index contributed by atoms with van der Waals surface area (Å²) in [5, 5.41) is 2.65. The van der Waals surface area contributed by atoms with Gasteiger partial charge in [-0.1, -0.05) is 39.3 Å². The molecule has 0 saturated heterocycles. The van der Waals surface area contributed by atoms with Gasteiger partial charge in [-0.05, 0) is 42.7 Å². The molecule has 3 atom stereocenters. The molecule has 24 heavy (non-hydrogen) atoms. The van der Waals surface area contributed by atoms with Crippen LogP contribution in [-0.2, 0) is 9.53 Å². The van der Waals surface area contributed by atoms with E-state index < -0.39 is 0 Å². The first-order chi connectivity index (χ1) is 11.4. The van der Waals surface area contributed by atoms with Crippen molar-refractivity contribution < 1.29 is 14.3 Å². The summed E-state index contributed by atoms with van der Waals surface area (Å²) in [7, 11) is 0. The van der Waals surface area contributed by atoms with Gasteiger partial charge in [-0.25, -0.2) is 4.79 Å². The number of halogens is 1. The van der Waals surface area contributed by atoms with Crippen LogP contribution in [0.5, 0.6) is 0 Å². The van der Waals surface area contributed by atoms with Gasteiger partial charge in [-0.3, -0.25) is 4.79 Å². The SMILES string of the molecule is CC(C)[C@@H]1CC[C@H](C)C[C@@H]1OC(=O)c1ccccc1NC(=O)CCl. The lowest BCUT2D eigenvalue weighted by Crippen LogP contribution is -2.36. The van der Waals surface area contributed by atoms with Crippen LogP contribution in [0.3, 0.4) is 0 Å². The Kier molecular flexibility index (Phi) is 6.67. The highest BCUT2D eigenvalue weighted by Crippen LogP contribution is 2.36. The van der Waals surface area contributed by atoms with E-state index in [9.17, 15) is 9.59 Å². The predicted octanol–water partition coefficient (Wildman–Crippen LogP) is 4.48. The normalized spacial score (nSPS) is 23.8. The summed E-state index contributed by atoms with van der Waals surface area (Å²) in [6, 6.07) is 6.88. The molecule has 0 unspecified atom stereocenters. The Morgan fingerprint density at radius 3 is 2.67 bits per heavy atom. The first-order valence-corrected chi connectivity index (χ1v) is 9.11. The lowest BCUT2D eigenvalue weighted by molar-refractivity contribution is -0.113. The van der Waals surface area contributed by atoms with E-state index >= 15 is 0 Å². The van der Waals surface area contributed by atoms with Crippen molar-refractivity contribution in [2.45, 2.75) is 46.1 Å². The van der Waals surface area contributed by atoms with Crippen molar-refractivity contribution in [3.05, 3.63) is 29.8 Å². The number of anilines is 1. The highest BCUT2D eigenvalue weighted by atomic mass is 35.5. The van der Waals surface area contributed by atoms with Crippen molar-refractivity contribution >= 4 is 29.2 Å². The monoisotopic (exact) mass is 351 g/mol. The molecule has 2 rings (SSSR count). The minimum absolute atomic E-state index is 0.0713. The van der Waals surface area contributed by atoms with E-state index in [-0.39, 0.29) is 23.9 Å². The number of benzene rings is 1. The molecule has 0 aliphatic heterocycles. The molecule has 1 N–H and O–H groups in total. The topological polar surface area (TPSA) is 55.4 Å². The molecule has 1 aliphatic carbocycles. The van der Waals surface area contributed by atoms with Crippen LogP contribution in [0, 0.1) is 17.8 Å². The lowest BCUT2D eigenvalue weighted by Gasteiger charge is -2.36. The van der Waals surface area contributed by atoms with Crippen LogP contribution in [-0.4, -0.2) is 23.9 Å². The number of ether oxygens (including phenoxy) is 1. The first-order valence-electron chi connectivity index (χ1n) is 8.58. The fraction of sp³-hybridized carbons (Fsp3) is 0.579. The number of nitrogens with one attached hydrogen (secondary N) is 1. The van der Waals surface area contributed by atoms with E-state index in [1.165, 1.54) is 6.42 Å². The van der Waals surface area contributed by atoms with Gasteiger partial charge >= 0.3 is 5.97 Å². The van der Waals surface area contributed by atoms with Crippen molar-refractivity contribution in [3.63, 3.8) is 0 Å². The maximum absolute atomic E-state index is 12.7. The summed E-state index contributed by atoms with van der Waals surface area (Å²) >= 11 is 5.53. The largest absolute Gasteiger partial charge is 0.458 e. The molecule has 0 bridgehead atoms. The van der Waals surface area contributed by atoms with Gasteiger partial charge in [0.1, 0.15) is 12.0 Å². The third-order valence-electron chi connectivity index (χ3n) is 4.76. The van der Waals surface area contributed by atoms with Gasteiger partial charge in [0.25, 0.3) is 0 Å².